The van der Waals surface area contributed by atoms with Crippen molar-refractivity contribution in [2.45, 2.75) is 13.0 Å². The van der Waals surface area contributed by atoms with Crippen LogP contribution in [-0.2, 0) is 16.1 Å². The summed E-state index contributed by atoms with van der Waals surface area (Å²) in [6.45, 7) is 2.33. The molecular weight excluding hydrogens is 236 g/mol. The van der Waals surface area contributed by atoms with Gasteiger partial charge in [-0.2, -0.15) is 0 Å². The number of β-lactam (4-membered cyclic amide) rings is 1. The first-order chi connectivity index (χ1) is 8.66. The first-order valence-electron chi connectivity index (χ1n) is 5.75. The molecule has 96 valence electrons. The van der Waals surface area contributed by atoms with Gasteiger partial charge in [0, 0.05) is 31.6 Å². The van der Waals surface area contributed by atoms with E-state index in [1.54, 1.807) is 17.0 Å². The maximum Gasteiger partial charge on any atom is 0.269 e. The van der Waals surface area contributed by atoms with Crippen molar-refractivity contribution in [3.8, 4) is 0 Å². The number of nitrogens with zero attached hydrogens (tertiary/aromatic N) is 2. The minimum atomic E-state index is -0.430. The van der Waals surface area contributed by atoms with E-state index in [0.29, 0.717) is 26.2 Å². The van der Waals surface area contributed by atoms with E-state index in [1.807, 2.05) is 0 Å². The van der Waals surface area contributed by atoms with Gasteiger partial charge in [-0.25, -0.2) is 0 Å². The lowest BCUT2D eigenvalue weighted by atomic mass is 10.2. The lowest BCUT2D eigenvalue weighted by Gasteiger charge is -2.30. The molecule has 1 aliphatic rings. The number of amides is 1. The van der Waals surface area contributed by atoms with Crippen molar-refractivity contribution in [1.29, 1.82) is 0 Å². The molecular formula is C12H14N2O4. The molecule has 6 heteroatoms. The first-order valence-corrected chi connectivity index (χ1v) is 5.75. The van der Waals surface area contributed by atoms with Crippen LogP contribution in [0.15, 0.2) is 24.3 Å². The smallest absolute Gasteiger partial charge is 0.269 e. The van der Waals surface area contributed by atoms with Crippen LogP contribution in [0.5, 0.6) is 0 Å². The van der Waals surface area contributed by atoms with Crippen LogP contribution in [0, 0.1) is 10.1 Å². The van der Waals surface area contributed by atoms with Gasteiger partial charge in [-0.1, -0.05) is 0 Å². The SMILES string of the molecule is O=C1CCN1CCOCc1ccc([N+](=O)[O-])cc1. The molecule has 1 saturated heterocycles. The number of hydrogen-bond donors (Lipinski definition) is 0. The molecule has 0 unspecified atom stereocenters. The van der Waals surface area contributed by atoms with Gasteiger partial charge < -0.3 is 9.64 Å². The Balaban J connectivity index is 1.69. The van der Waals surface area contributed by atoms with Gasteiger partial charge in [0.2, 0.25) is 5.91 Å². The summed E-state index contributed by atoms with van der Waals surface area (Å²) in [6.07, 6.45) is 0.641. The number of carbonyl (C=O) groups is 1. The molecule has 1 fully saturated rings. The zero-order valence-corrected chi connectivity index (χ0v) is 9.87. The summed E-state index contributed by atoms with van der Waals surface area (Å²) in [6, 6.07) is 6.26. The molecule has 1 aliphatic heterocycles. The van der Waals surface area contributed by atoms with Crippen molar-refractivity contribution in [2.75, 3.05) is 19.7 Å². The van der Waals surface area contributed by atoms with Gasteiger partial charge in [-0.05, 0) is 17.7 Å². The first kappa shape index (κ1) is 12.5. The summed E-state index contributed by atoms with van der Waals surface area (Å²) in [7, 11) is 0. The molecule has 1 amide bonds. The molecule has 0 radical (unpaired) electrons. The average molecular weight is 250 g/mol. The Labute approximate surface area is 104 Å². The molecule has 0 saturated carbocycles. The molecule has 1 aromatic rings. The maximum atomic E-state index is 11.0. The Morgan fingerprint density at radius 1 is 1.33 bits per heavy atom. The summed E-state index contributed by atoms with van der Waals surface area (Å²) >= 11 is 0. The predicted octanol–water partition coefficient (Wildman–Crippen LogP) is 1.34. The summed E-state index contributed by atoms with van der Waals surface area (Å²) < 4.78 is 5.41. The van der Waals surface area contributed by atoms with Crippen molar-refractivity contribution in [1.82, 2.24) is 4.90 Å². The second-order valence-corrected chi connectivity index (χ2v) is 4.11. The third-order valence-electron chi connectivity index (χ3n) is 2.87. The Morgan fingerprint density at radius 2 is 2.06 bits per heavy atom. The second kappa shape index (κ2) is 5.59. The second-order valence-electron chi connectivity index (χ2n) is 4.11. The van der Waals surface area contributed by atoms with E-state index in [-0.39, 0.29) is 11.6 Å². The van der Waals surface area contributed by atoms with E-state index in [0.717, 1.165) is 12.1 Å². The van der Waals surface area contributed by atoms with Crippen LogP contribution >= 0.6 is 0 Å². The molecule has 6 nitrogen and oxygen atoms in total. The molecule has 0 atom stereocenters. The van der Waals surface area contributed by atoms with Crippen LogP contribution < -0.4 is 0 Å². The zero-order valence-electron chi connectivity index (χ0n) is 9.87. The van der Waals surface area contributed by atoms with Gasteiger partial charge in [0.25, 0.3) is 5.69 Å². The van der Waals surface area contributed by atoms with Gasteiger partial charge in [0.15, 0.2) is 0 Å². The Kier molecular flexibility index (Phi) is 3.88. The van der Waals surface area contributed by atoms with Gasteiger partial charge in [0.05, 0.1) is 18.1 Å². The highest BCUT2D eigenvalue weighted by molar-refractivity contribution is 5.81. The fourth-order valence-corrected chi connectivity index (χ4v) is 1.68. The van der Waals surface area contributed by atoms with Crippen molar-refractivity contribution >= 4 is 11.6 Å². The molecule has 1 heterocycles. The Hall–Kier alpha value is -1.95. The number of nitro benzene ring substituents is 1. The van der Waals surface area contributed by atoms with Crippen LogP contribution in [0.2, 0.25) is 0 Å². The largest absolute Gasteiger partial charge is 0.375 e. The molecule has 0 N–H and O–H groups in total. The maximum absolute atomic E-state index is 11.0. The van der Waals surface area contributed by atoms with Crippen molar-refractivity contribution in [3.63, 3.8) is 0 Å². The van der Waals surface area contributed by atoms with Gasteiger partial charge in [0.1, 0.15) is 0 Å². The lowest BCUT2D eigenvalue weighted by Crippen LogP contribution is -2.44. The molecule has 1 aromatic carbocycles. The fourth-order valence-electron chi connectivity index (χ4n) is 1.68. The van der Waals surface area contributed by atoms with E-state index < -0.39 is 4.92 Å². The zero-order chi connectivity index (χ0) is 13.0. The third-order valence-corrected chi connectivity index (χ3v) is 2.87. The van der Waals surface area contributed by atoms with E-state index in [1.165, 1.54) is 12.1 Å². The summed E-state index contributed by atoms with van der Waals surface area (Å²) in [5, 5.41) is 10.5. The van der Waals surface area contributed by atoms with Gasteiger partial charge in [-0.3, -0.25) is 14.9 Å². The van der Waals surface area contributed by atoms with Crippen molar-refractivity contribution in [3.05, 3.63) is 39.9 Å². The molecule has 0 spiro atoms. The Bertz CT molecular complexity index is 444. The molecule has 0 bridgehead atoms. The van der Waals surface area contributed by atoms with Crippen LogP contribution in [0.4, 0.5) is 5.69 Å². The summed E-state index contributed by atoms with van der Waals surface area (Å²) in [5.74, 6) is 0.175. The van der Waals surface area contributed by atoms with Crippen LogP contribution in [-0.4, -0.2) is 35.4 Å². The summed E-state index contributed by atoms with van der Waals surface area (Å²) in [4.78, 5) is 22.8. The van der Waals surface area contributed by atoms with Crippen LogP contribution in [0.3, 0.4) is 0 Å². The quantitative estimate of drug-likeness (QED) is 0.330. The third kappa shape index (κ3) is 3.04. The fraction of sp³-hybridized carbons (Fsp3) is 0.417. The van der Waals surface area contributed by atoms with Crippen LogP contribution in [0.1, 0.15) is 12.0 Å². The van der Waals surface area contributed by atoms with E-state index in [4.69, 9.17) is 4.74 Å². The highest BCUT2D eigenvalue weighted by Crippen LogP contribution is 2.12. The molecule has 0 aliphatic carbocycles. The monoisotopic (exact) mass is 250 g/mol. The number of likely N-dealkylation sites (tertiary alicyclic amines) is 1. The van der Waals surface area contributed by atoms with Crippen molar-refractivity contribution < 1.29 is 14.5 Å². The lowest BCUT2D eigenvalue weighted by molar-refractivity contribution is -0.384. The topological polar surface area (TPSA) is 72.7 Å². The number of benzene rings is 1. The van der Waals surface area contributed by atoms with E-state index in [9.17, 15) is 14.9 Å². The van der Waals surface area contributed by atoms with Gasteiger partial charge in [-0.15, -0.1) is 0 Å². The standard InChI is InChI=1S/C12H14N2O4/c15-12-5-6-13(12)7-8-18-9-10-1-3-11(4-2-10)14(16)17/h1-4H,5-9H2. The van der Waals surface area contributed by atoms with Gasteiger partial charge >= 0.3 is 0 Å². The van der Waals surface area contributed by atoms with Crippen LogP contribution in [0.25, 0.3) is 0 Å². The molecule has 0 aromatic heterocycles. The van der Waals surface area contributed by atoms with Crippen molar-refractivity contribution in [2.24, 2.45) is 0 Å². The predicted molar refractivity (Wildman–Crippen MR) is 63.9 cm³/mol. The summed E-state index contributed by atoms with van der Waals surface area (Å²) in [5.41, 5.74) is 0.959. The van der Waals surface area contributed by atoms with E-state index in [2.05, 4.69) is 0 Å². The number of hydrogen-bond acceptors (Lipinski definition) is 4. The van der Waals surface area contributed by atoms with E-state index >= 15 is 0 Å². The number of non-ortho nitro benzene ring substituents is 1. The number of ether oxygens (including phenoxy) is 1. The molecule has 18 heavy (non-hydrogen) atoms. The Morgan fingerprint density at radius 3 is 2.56 bits per heavy atom. The average Bonchev–Trinajstić information content (AvgIpc) is 2.37. The minimum Gasteiger partial charge on any atom is -0.375 e. The highest BCUT2D eigenvalue weighted by Gasteiger charge is 2.22. The number of carbonyl (C=O) groups excluding carboxylic acids is 1. The number of rotatable bonds is 6. The normalized spacial score (nSPS) is 14.4. The highest BCUT2D eigenvalue weighted by atomic mass is 16.6. The molecule has 2 rings (SSSR count). The number of nitro groups is 1. The minimum absolute atomic E-state index is 0.0740.